The molecule has 4 heteroatoms. The van der Waals surface area contributed by atoms with Gasteiger partial charge in [0.05, 0.1) is 19.6 Å². The Morgan fingerprint density at radius 1 is 1.53 bits per heavy atom. The summed E-state index contributed by atoms with van der Waals surface area (Å²) in [4.78, 5) is 15.8. The molecule has 0 bridgehead atoms. The summed E-state index contributed by atoms with van der Waals surface area (Å²) in [6.45, 7) is 3.26. The van der Waals surface area contributed by atoms with E-state index in [9.17, 15) is 4.79 Å². The molecule has 0 fully saturated rings. The van der Waals surface area contributed by atoms with Gasteiger partial charge < -0.3 is 9.64 Å². The third-order valence-corrected chi connectivity index (χ3v) is 3.12. The van der Waals surface area contributed by atoms with Crippen molar-refractivity contribution in [2.45, 2.75) is 19.9 Å². The van der Waals surface area contributed by atoms with E-state index in [2.05, 4.69) is 19.1 Å². The molecule has 0 unspecified atom stereocenters. The van der Waals surface area contributed by atoms with Gasteiger partial charge in [0, 0.05) is 23.9 Å². The van der Waals surface area contributed by atoms with Gasteiger partial charge in [0.2, 0.25) is 5.91 Å². The molecule has 1 amide bonds. The molecular weight excluding hydrogens is 210 g/mol. The van der Waals surface area contributed by atoms with Crippen molar-refractivity contribution in [3.63, 3.8) is 0 Å². The van der Waals surface area contributed by atoms with Crippen molar-refractivity contribution in [2.24, 2.45) is 0 Å². The van der Waals surface area contributed by atoms with Gasteiger partial charge >= 0.3 is 0 Å². The Morgan fingerprint density at radius 2 is 2.27 bits per heavy atom. The standard InChI is InChI=1S/C11H17NO2S/c1-9-4-5-10(15-9)8-12(2)11(13)6-7-14-3/h4-5H,6-8H2,1-3H3. The number of ether oxygens (including phenoxy) is 1. The predicted octanol–water partition coefficient (Wildman–Crippen LogP) is 2.05. The molecule has 0 aromatic carbocycles. The third-order valence-electron chi connectivity index (χ3n) is 2.13. The van der Waals surface area contributed by atoms with Crippen molar-refractivity contribution in [1.82, 2.24) is 4.90 Å². The maximum absolute atomic E-state index is 11.6. The minimum absolute atomic E-state index is 0.128. The maximum Gasteiger partial charge on any atom is 0.224 e. The van der Waals surface area contributed by atoms with Crippen LogP contribution in [0.15, 0.2) is 12.1 Å². The average molecular weight is 227 g/mol. The van der Waals surface area contributed by atoms with Crippen LogP contribution in [-0.4, -0.2) is 31.6 Å². The summed E-state index contributed by atoms with van der Waals surface area (Å²) >= 11 is 1.73. The number of carbonyl (C=O) groups is 1. The van der Waals surface area contributed by atoms with Crippen LogP contribution in [0.25, 0.3) is 0 Å². The molecule has 1 rings (SSSR count). The Labute approximate surface area is 94.7 Å². The zero-order chi connectivity index (χ0) is 11.3. The smallest absolute Gasteiger partial charge is 0.224 e. The number of thiophene rings is 1. The van der Waals surface area contributed by atoms with E-state index in [0.717, 1.165) is 0 Å². The number of methoxy groups -OCH3 is 1. The maximum atomic E-state index is 11.6. The SMILES string of the molecule is COCCC(=O)N(C)Cc1ccc(C)s1. The van der Waals surface area contributed by atoms with Crippen molar-refractivity contribution < 1.29 is 9.53 Å². The summed E-state index contributed by atoms with van der Waals surface area (Å²) in [6, 6.07) is 4.15. The quantitative estimate of drug-likeness (QED) is 0.770. The van der Waals surface area contributed by atoms with E-state index < -0.39 is 0 Å². The lowest BCUT2D eigenvalue weighted by atomic mass is 10.3. The third kappa shape index (κ3) is 4.01. The Kier molecular flexibility index (Phi) is 4.78. The van der Waals surface area contributed by atoms with Gasteiger partial charge in [-0.2, -0.15) is 0 Å². The lowest BCUT2D eigenvalue weighted by Gasteiger charge is -2.15. The first-order chi connectivity index (χ1) is 7.13. The van der Waals surface area contributed by atoms with Crippen LogP contribution in [0.2, 0.25) is 0 Å². The highest BCUT2D eigenvalue weighted by Gasteiger charge is 2.09. The Hall–Kier alpha value is -0.870. The molecule has 0 saturated carbocycles. The molecule has 0 radical (unpaired) electrons. The molecule has 1 aromatic heterocycles. The first-order valence-electron chi connectivity index (χ1n) is 4.91. The topological polar surface area (TPSA) is 29.5 Å². The summed E-state index contributed by atoms with van der Waals surface area (Å²) in [5, 5.41) is 0. The highest BCUT2D eigenvalue weighted by Crippen LogP contribution is 2.16. The number of carbonyl (C=O) groups excluding carboxylic acids is 1. The molecule has 1 heterocycles. The Bertz CT molecular complexity index is 322. The van der Waals surface area contributed by atoms with Gasteiger partial charge in [0.25, 0.3) is 0 Å². The summed E-state index contributed by atoms with van der Waals surface area (Å²) in [6.07, 6.45) is 0.456. The van der Waals surface area contributed by atoms with E-state index in [-0.39, 0.29) is 5.91 Å². The molecule has 3 nitrogen and oxygen atoms in total. The lowest BCUT2D eigenvalue weighted by molar-refractivity contribution is -0.131. The fourth-order valence-corrected chi connectivity index (χ4v) is 2.22. The van der Waals surface area contributed by atoms with E-state index in [0.29, 0.717) is 19.6 Å². The van der Waals surface area contributed by atoms with Crippen molar-refractivity contribution >= 4 is 17.2 Å². The first kappa shape index (κ1) is 12.2. The molecule has 84 valence electrons. The van der Waals surface area contributed by atoms with Gasteiger partial charge in [0.1, 0.15) is 0 Å². The van der Waals surface area contributed by atoms with Gasteiger partial charge in [-0.25, -0.2) is 0 Å². The lowest BCUT2D eigenvalue weighted by Crippen LogP contribution is -2.26. The Balaban J connectivity index is 2.41. The van der Waals surface area contributed by atoms with Crippen molar-refractivity contribution in [3.8, 4) is 0 Å². The molecule has 15 heavy (non-hydrogen) atoms. The van der Waals surface area contributed by atoms with E-state index >= 15 is 0 Å². The molecular formula is C11H17NO2S. The summed E-state index contributed by atoms with van der Waals surface area (Å²) in [5.74, 6) is 0.128. The van der Waals surface area contributed by atoms with Crippen molar-refractivity contribution in [2.75, 3.05) is 20.8 Å². The molecule has 0 aliphatic rings. The number of nitrogens with zero attached hydrogens (tertiary/aromatic N) is 1. The van der Waals surface area contributed by atoms with Crippen LogP contribution in [0.4, 0.5) is 0 Å². The monoisotopic (exact) mass is 227 g/mol. The zero-order valence-electron chi connectivity index (χ0n) is 9.45. The summed E-state index contributed by atoms with van der Waals surface area (Å²) in [5.41, 5.74) is 0. The summed E-state index contributed by atoms with van der Waals surface area (Å²) in [7, 11) is 3.43. The number of rotatable bonds is 5. The highest BCUT2D eigenvalue weighted by atomic mass is 32.1. The van der Waals surface area contributed by atoms with E-state index in [4.69, 9.17) is 4.74 Å². The van der Waals surface area contributed by atoms with Crippen molar-refractivity contribution in [1.29, 1.82) is 0 Å². The van der Waals surface area contributed by atoms with Crippen LogP contribution in [0.5, 0.6) is 0 Å². The number of aryl methyl sites for hydroxylation is 1. The van der Waals surface area contributed by atoms with Gasteiger partial charge in [-0.15, -0.1) is 11.3 Å². The average Bonchev–Trinajstić information content (AvgIpc) is 2.60. The van der Waals surface area contributed by atoms with Crippen LogP contribution < -0.4 is 0 Å². The van der Waals surface area contributed by atoms with Crippen molar-refractivity contribution in [3.05, 3.63) is 21.9 Å². The number of hydrogen-bond acceptors (Lipinski definition) is 3. The highest BCUT2D eigenvalue weighted by molar-refractivity contribution is 7.11. The van der Waals surface area contributed by atoms with Gasteiger partial charge in [0.15, 0.2) is 0 Å². The molecule has 0 atom stereocenters. The first-order valence-corrected chi connectivity index (χ1v) is 5.73. The molecule has 0 spiro atoms. The minimum atomic E-state index is 0.128. The second-order valence-electron chi connectivity index (χ2n) is 3.50. The fourth-order valence-electron chi connectivity index (χ4n) is 1.27. The molecule has 0 aliphatic heterocycles. The normalized spacial score (nSPS) is 10.3. The Morgan fingerprint density at radius 3 is 2.80 bits per heavy atom. The molecule has 0 aliphatic carbocycles. The second kappa shape index (κ2) is 5.88. The van der Waals surface area contributed by atoms with Crippen LogP contribution in [0, 0.1) is 6.92 Å². The van der Waals surface area contributed by atoms with Crippen LogP contribution in [0.3, 0.4) is 0 Å². The zero-order valence-corrected chi connectivity index (χ0v) is 10.3. The minimum Gasteiger partial charge on any atom is -0.384 e. The summed E-state index contributed by atoms with van der Waals surface area (Å²) < 4.78 is 4.87. The number of hydrogen-bond donors (Lipinski definition) is 0. The van der Waals surface area contributed by atoms with Crippen LogP contribution in [0.1, 0.15) is 16.2 Å². The van der Waals surface area contributed by atoms with Crippen LogP contribution in [-0.2, 0) is 16.1 Å². The molecule has 1 aromatic rings. The van der Waals surface area contributed by atoms with E-state index in [1.807, 2.05) is 7.05 Å². The van der Waals surface area contributed by atoms with Gasteiger partial charge in [-0.05, 0) is 19.1 Å². The predicted molar refractivity (Wildman–Crippen MR) is 62.0 cm³/mol. The number of amides is 1. The van der Waals surface area contributed by atoms with Gasteiger partial charge in [-0.1, -0.05) is 0 Å². The van der Waals surface area contributed by atoms with Gasteiger partial charge in [-0.3, -0.25) is 4.79 Å². The van der Waals surface area contributed by atoms with E-state index in [1.165, 1.54) is 9.75 Å². The molecule has 0 saturated heterocycles. The molecule has 0 N–H and O–H groups in total. The fraction of sp³-hybridized carbons (Fsp3) is 0.545. The largest absolute Gasteiger partial charge is 0.384 e. The second-order valence-corrected chi connectivity index (χ2v) is 4.88. The van der Waals surface area contributed by atoms with E-state index in [1.54, 1.807) is 23.3 Å². The van der Waals surface area contributed by atoms with Crippen LogP contribution >= 0.6 is 11.3 Å².